The third kappa shape index (κ3) is 3.97. The Balaban J connectivity index is 2.56. The van der Waals surface area contributed by atoms with Gasteiger partial charge in [-0.1, -0.05) is 19.1 Å². The van der Waals surface area contributed by atoms with Crippen molar-refractivity contribution < 1.29 is 4.74 Å². The second-order valence-electron chi connectivity index (χ2n) is 5.23. The first-order valence-electron chi connectivity index (χ1n) is 6.83. The Kier molecular flexibility index (Phi) is 5.38. The van der Waals surface area contributed by atoms with Gasteiger partial charge in [-0.25, -0.2) is 0 Å². The van der Waals surface area contributed by atoms with E-state index in [9.17, 15) is 0 Å². The van der Waals surface area contributed by atoms with E-state index in [0.29, 0.717) is 19.4 Å². The van der Waals surface area contributed by atoms with Crippen LogP contribution in [0.25, 0.3) is 0 Å². The third-order valence-corrected chi connectivity index (χ3v) is 3.74. The van der Waals surface area contributed by atoms with Crippen molar-refractivity contribution in [2.75, 3.05) is 6.61 Å². The summed E-state index contributed by atoms with van der Waals surface area (Å²) < 4.78 is 5.87. The highest BCUT2D eigenvalue weighted by Crippen LogP contribution is 2.26. The van der Waals surface area contributed by atoms with Crippen molar-refractivity contribution in [3.05, 3.63) is 28.8 Å². The Morgan fingerprint density at radius 3 is 2.47 bits per heavy atom. The van der Waals surface area contributed by atoms with Gasteiger partial charge in [0.1, 0.15) is 11.3 Å². The molecule has 0 aliphatic carbocycles. The molecule has 3 nitrogen and oxygen atoms in total. The molecule has 104 valence electrons. The first kappa shape index (κ1) is 15.5. The number of aryl methyl sites for hydroxylation is 2. The van der Waals surface area contributed by atoms with E-state index in [1.54, 1.807) is 0 Å². The second kappa shape index (κ2) is 6.58. The molecule has 2 N–H and O–H groups in total. The highest BCUT2D eigenvalue weighted by molar-refractivity contribution is 5.44. The monoisotopic (exact) mass is 260 g/mol. The Bertz CT molecular complexity index is 476. The lowest BCUT2D eigenvalue weighted by Crippen LogP contribution is -2.37. The van der Waals surface area contributed by atoms with Gasteiger partial charge < -0.3 is 10.5 Å². The topological polar surface area (TPSA) is 59.0 Å². The summed E-state index contributed by atoms with van der Waals surface area (Å²) in [4.78, 5) is 0. The molecule has 0 saturated carbocycles. The molecule has 0 spiro atoms. The number of hydrogen-bond donors (Lipinski definition) is 1. The Morgan fingerprint density at radius 2 is 1.89 bits per heavy atom. The molecule has 0 aliphatic rings. The highest BCUT2D eigenvalue weighted by Gasteiger charge is 2.21. The van der Waals surface area contributed by atoms with E-state index in [1.165, 1.54) is 11.1 Å². The number of benzene rings is 1. The zero-order valence-corrected chi connectivity index (χ0v) is 12.4. The minimum atomic E-state index is -0.708. The molecule has 0 bridgehead atoms. The van der Waals surface area contributed by atoms with Gasteiger partial charge >= 0.3 is 0 Å². The van der Waals surface area contributed by atoms with E-state index in [4.69, 9.17) is 15.7 Å². The minimum Gasteiger partial charge on any atom is -0.493 e. The van der Waals surface area contributed by atoms with Gasteiger partial charge in [0.15, 0.2) is 0 Å². The van der Waals surface area contributed by atoms with E-state index >= 15 is 0 Å². The second-order valence-corrected chi connectivity index (χ2v) is 5.23. The SMILES string of the molecule is CCC(N)(C#N)CCCOc1c(C)ccc(C)c1C. The molecule has 1 aromatic rings. The number of hydrogen-bond acceptors (Lipinski definition) is 3. The molecule has 0 aliphatic heterocycles. The number of ether oxygens (including phenoxy) is 1. The van der Waals surface area contributed by atoms with Crippen LogP contribution in [0.3, 0.4) is 0 Å². The molecule has 0 aromatic heterocycles. The fourth-order valence-electron chi connectivity index (χ4n) is 2.02. The van der Waals surface area contributed by atoms with Gasteiger partial charge in [0.25, 0.3) is 0 Å². The molecule has 1 unspecified atom stereocenters. The van der Waals surface area contributed by atoms with Crippen LogP contribution in [0.1, 0.15) is 42.9 Å². The van der Waals surface area contributed by atoms with Crippen molar-refractivity contribution in [2.24, 2.45) is 5.73 Å². The first-order valence-corrected chi connectivity index (χ1v) is 6.83. The lowest BCUT2D eigenvalue weighted by atomic mass is 9.94. The predicted molar refractivity (Wildman–Crippen MR) is 78.2 cm³/mol. The maximum Gasteiger partial charge on any atom is 0.125 e. The van der Waals surface area contributed by atoms with Crippen LogP contribution in [-0.4, -0.2) is 12.1 Å². The highest BCUT2D eigenvalue weighted by atomic mass is 16.5. The van der Waals surface area contributed by atoms with Crippen LogP contribution in [0.15, 0.2) is 12.1 Å². The summed E-state index contributed by atoms with van der Waals surface area (Å²) in [7, 11) is 0. The maximum absolute atomic E-state index is 9.01. The summed E-state index contributed by atoms with van der Waals surface area (Å²) in [5, 5.41) is 9.01. The zero-order chi connectivity index (χ0) is 14.5. The molecule has 0 saturated heterocycles. The number of rotatable bonds is 6. The van der Waals surface area contributed by atoms with Crippen molar-refractivity contribution in [2.45, 2.75) is 52.5 Å². The van der Waals surface area contributed by atoms with E-state index < -0.39 is 5.54 Å². The van der Waals surface area contributed by atoms with Crippen LogP contribution in [0.2, 0.25) is 0 Å². The van der Waals surface area contributed by atoms with Crippen LogP contribution in [0.4, 0.5) is 0 Å². The van der Waals surface area contributed by atoms with Crippen molar-refractivity contribution in [3.8, 4) is 11.8 Å². The molecule has 1 rings (SSSR count). The van der Waals surface area contributed by atoms with Crippen molar-refractivity contribution in [1.82, 2.24) is 0 Å². The van der Waals surface area contributed by atoms with Crippen molar-refractivity contribution >= 4 is 0 Å². The number of nitrogens with zero attached hydrogens (tertiary/aromatic N) is 1. The smallest absolute Gasteiger partial charge is 0.125 e. The molecule has 0 heterocycles. The van der Waals surface area contributed by atoms with Gasteiger partial charge in [0.2, 0.25) is 0 Å². The predicted octanol–water partition coefficient (Wildman–Crippen LogP) is 3.40. The van der Waals surface area contributed by atoms with Gasteiger partial charge in [0, 0.05) is 0 Å². The van der Waals surface area contributed by atoms with Gasteiger partial charge in [-0.2, -0.15) is 5.26 Å². The summed E-state index contributed by atoms with van der Waals surface area (Å²) in [5.41, 5.74) is 8.81. The van der Waals surface area contributed by atoms with E-state index in [1.807, 2.05) is 6.92 Å². The van der Waals surface area contributed by atoms with Crippen molar-refractivity contribution in [3.63, 3.8) is 0 Å². The molecule has 3 heteroatoms. The molecule has 19 heavy (non-hydrogen) atoms. The number of nitriles is 1. The lowest BCUT2D eigenvalue weighted by molar-refractivity contribution is 0.288. The maximum atomic E-state index is 9.01. The van der Waals surface area contributed by atoms with Gasteiger partial charge in [0.05, 0.1) is 12.7 Å². The average Bonchev–Trinajstić information content (AvgIpc) is 2.42. The first-order chi connectivity index (χ1) is 8.93. The van der Waals surface area contributed by atoms with E-state index in [-0.39, 0.29) is 0 Å². The molecular weight excluding hydrogens is 236 g/mol. The number of nitrogens with two attached hydrogens (primary N) is 1. The Labute approximate surface area is 116 Å². The summed E-state index contributed by atoms with van der Waals surface area (Å²) in [5.74, 6) is 0.969. The van der Waals surface area contributed by atoms with E-state index in [2.05, 4.69) is 39.0 Å². The lowest BCUT2D eigenvalue weighted by Gasteiger charge is -2.19. The average molecular weight is 260 g/mol. The van der Waals surface area contributed by atoms with Crippen LogP contribution < -0.4 is 10.5 Å². The van der Waals surface area contributed by atoms with Crippen LogP contribution in [0, 0.1) is 32.1 Å². The van der Waals surface area contributed by atoms with Crippen molar-refractivity contribution in [1.29, 1.82) is 5.26 Å². The third-order valence-electron chi connectivity index (χ3n) is 3.74. The van der Waals surface area contributed by atoms with Gasteiger partial charge in [-0.05, 0) is 56.7 Å². The normalized spacial score (nSPS) is 13.7. The Hall–Kier alpha value is -1.53. The minimum absolute atomic E-state index is 0.603. The van der Waals surface area contributed by atoms with Gasteiger partial charge in [-0.15, -0.1) is 0 Å². The van der Waals surface area contributed by atoms with Crippen LogP contribution in [-0.2, 0) is 0 Å². The van der Waals surface area contributed by atoms with E-state index in [0.717, 1.165) is 17.7 Å². The molecular formula is C16H24N2O. The van der Waals surface area contributed by atoms with Crippen LogP contribution >= 0.6 is 0 Å². The summed E-state index contributed by atoms with van der Waals surface area (Å²) in [6, 6.07) is 6.36. The fraction of sp³-hybridized carbons (Fsp3) is 0.562. The largest absolute Gasteiger partial charge is 0.493 e. The molecule has 0 fully saturated rings. The summed E-state index contributed by atoms with van der Waals surface area (Å²) in [6.07, 6.45) is 2.14. The fourth-order valence-corrected chi connectivity index (χ4v) is 2.02. The summed E-state index contributed by atoms with van der Waals surface area (Å²) >= 11 is 0. The molecule has 0 radical (unpaired) electrons. The van der Waals surface area contributed by atoms with Crippen LogP contribution in [0.5, 0.6) is 5.75 Å². The van der Waals surface area contributed by atoms with Gasteiger partial charge in [-0.3, -0.25) is 0 Å². The zero-order valence-electron chi connectivity index (χ0n) is 12.4. The molecule has 1 aromatic carbocycles. The molecule has 0 amide bonds. The standard InChI is InChI=1S/C16H24N2O/c1-5-16(18,11-17)9-6-10-19-15-13(3)8-7-12(2)14(15)4/h7-8H,5-6,9-10,18H2,1-4H3. The summed E-state index contributed by atoms with van der Waals surface area (Å²) in [6.45, 7) is 8.76. The quantitative estimate of drug-likeness (QED) is 0.797. The molecule has 1 atom stereocenters. The Morgan fingerprint density at radius 1 is 1.26 bits per heavy atom.